The van der Waals surface area contributed by atoms with Crippen LogP contribution in [0.4, 0.5) is 5.69 Å². The van der Waals surface area contributed by atoms with Gasteiger partial charge in [0.05, 0.1) is 5.54 Å². The van der Waals surface area contributed by atoms with Crippen LogP contribution in [-0.4, -0.2) is 11.4 Å². The van der Waals surface area contributed by atoms with E-state index in [1.807, 2.05) is 66.4 Å². The van der Waals surface area contributed by atoms with Crippen molar-refractivity contribution in [3.8, 4) is 0 Å². The molecule has 0 radical (unpaired) electrons. The van der Waals surface area contributed by atoms with E-state index in [9.17, 15) is 4.79 Å². The minimum Gasteiger partial charge on any atom is -0.298 e. The molecule has 1 aliphatic heterocycles. The number of para-hydroxylation sites is 1. The van der Waals surface area contributed by atoms with Gasteiger partial charge in [0.15, 0.2) is 0 Å². The molecule has 0 saturated heterocycles. The van der Waals surface area contributed by atoms with Gasteiger partial charge in [-0.25, -0.2) is 0 Å². The van der Waals surface area contributed by atoms with E-state index in [4.69, 9.17) is 0 Å². The maximum atomic E-state index is 13.0. The Morgan fingerprint density at radius 3 is 2.38 bits per heavy atom. The molecule has 0 saturated carbocycles. The van der Waals surface area contributed by atoms with E-state index < -0.39 is 5.54 Å². The number of anilines is 1. The summed E-state index contributed by atoms with van der Waals surface area (Å²) >= 11 is 0. The van der Waals surface area contributed by atoms with E-state index in [-0.39, 0.29) is 5.91 Å². The van der Waals surface area contributed by atoms with Crippen LogP contribution in [0.25, 0.3) is 0 Å². The zero-order chi connectivity index (χ0) is 15.0. The van der Waals surface area contributed by atoms with Crippen molar-refractivity contribution in [1.82, 2.24) is 0 Å². The number of nitrogens with zero attached hydrogens (tertiary/aromatic N) is 1. The normalized spacial score (nSPS) is 21.0. The highest BCUT2D eigenvalue weighted by molar-refractivity contribution is 6.09. The molecule has 0 aromatic heterocycles. The molecule has 106 valence electrons. The van der Waals surface area contributed by atoms with Crippen LogP contribution in [-0.2, 0) is 6.42 Å². The standard InChI is InChI=1S/C19H19NO/c1-14(2)19(3)13-15-9-7-8-12-17(15)18(21)20(19)16-10-5-4-6-11-16/h4-12H,1,13H2,2-3H3. The molecule has 2 aromatic rings. The maximum absolute atomic E-state index is 13.0. The van der Waals surface area contributed by atoms with Gasteiger partial charge in [-0.2, -0.15) is 0 Å². The molecule has 3 rings (SSSR count). The summed E-state index contributed by atoms with van der Waals surface area (Å²) in [5, 5.41) is 0. The average molecular weight is 277 g/mol. The van der Waals surface area contributed by atoms with E-state index in [1.54, 1.807) is 0 Å². The summed E-state index contributed by atoms with van der Waals surface area (Å²) in [7, 11) is 0. The summed E-state index contributed by atoms with van der Waals surface area (Å²) in [5.41, 5.74) is 3.41. The number of fused-ring (bicyclic) bond motifs is 1. The first kappa shape index (κ1) is 13.6. The van der Waals surface area contributed by atoms with Crippen LogP contribution in [0.1, 0.15) is 29.8 Å². The van der Waals surface area contributed by atoms with E-state index in [0.717, 1.165) is 28.8 Å². The van der Waals surface area contributed by atoms with Crippen molar-refractivity contribution in [3.05, 3.63) is 77.9 Å². The van der Waals surface area contributed by atoms with Gasteiger partial charge in [0, 0.05) is 17.7 Å². The third kappa shape index (κ3) is 2.07. The smallest absolute Gasteiger partial charge is 0.259 e. The van der Waals surface area contributed by atoms with Gasteiger partial charge in [0.2, 0.25) is 0 Å². The molecule has 2 nitrogen and oxygen atoms in total. The predicted molar refractivity (Wildman–Crippen MR) is 86.6 cm³/mol. The van der Waals surface area contributed by atoms with Crippen molar-refractivity contribution in [2.24, 2.45) is 0 Å². The maximum Gasteiger partial charge on any atom is 0.259 e. The Kier molecular flexibility index (Phi) is 3.17. The Bertz CT molecular complexity index is 705. The first-order chi connectivity index (χ1) is 10.0. The van der Waals surface area contributed by atoms with Crippen LogP contribution in [0.2, 0.25) is 0 Å². The Morgan fingerprint density at radius 2 is 1.71 bits per heavy atom. The fourth-order valence-electron chi connectivity index (χ4n) is 3.00. The first-order valence-electron chi connectivity index (χ1n) is 7.17. The molecule has 1 amide bonds. The van der Waals surface area contributed by atoms with Gasteiger partial charge >= 0.3 is 0 Å². The first-order valence-corrected chi connectivity index (χ1v) is 7.17. The fourth-order valence-corrected chi connectivity index (χ4v) is 3.00. The zero-order valence-electron chi connectivity index (χ0n) is 12.5. The lowest BCUT2D eigenvalue weighted by Crippen LogP contribution is -2.55. The van der Waals surface area contributed by atoms with E-state index in [1.165, 1.54) is 0 Å². The largest absolute Gasteiger partial charge is 0.298 e. The second-order valence-electron chi connectivity index (χ2n) is 5.86. The highest BCUT2D eigenvalue weighted by Crippen LogP contribution is 2.38. The number of hydrogen-bond acceptors (Lipinski definition) is 1. The third-order valence-electron chi connectivity index (χ3n) is 4.41. The van der Waals surface area contributed by atoms with Gasteiger partial charge < -0.3 is 0 Å². The molecule has 1 unspecified atom stereocenters. The zero-order valence-corrected chi connectivity index (χ0v) is 12.5. The number of rotatable bonds is 2. The van der Waals surface area contributed by atoms with Crippen LogP contribution in [0, 0.1) is 0 Å². The molecule has 2 aromatic carbocycles. The van der Waals surface area contributed by atoms with Crippen LogP contribution in [0.15, 0.2) is 66.7 Å². The molecule has 2 heteroatoms. The summed E-state index contributed by atoms with van der Waals surface area (Å²) in [6.45, 7) is 8.23. The summed E-state index contributed by atoms with van der Waals surface area (Å²) in [5.74, 6) is 0.0496. The highest BCUT2D eigenvalue weighted by atomic mass is 16.2. The van der Waals surface area contributed by atoms with Gasteiger partial charge in [0.1, 0.15) is 0 Å². The summed E-state index contributed by atoms with van der Waals surface area (Å²) < 4.78 is 0. The van der Waals surface area contributed by atoms with Crippen LogP contribution < -0.4 is 4.90 Å². The third-order valence-corrected chi connectivity index (χ3v) is 4.41. The Morgan fingerprint density at radius 1 is 1.10 bits per heavy atom. The quantitative estimate of drug-likeness (QED) is 0.752. The number of benzene rings is 2. The minimum absolute atomic E-state index is 0.0496. The number of carbonyl (C=O) groups is 1. The van der Waals surface area contributed by atoms with Crippen LogP contribution in [0.3, 0.4) is 0 Å². The number of amides is 1. The van der Waals surface area contributed by atoms with Gasteiger partial charge in [-0.15, -0.1) is 0 Å². The van der Waals surface area contributed by atoms with Crippen molar-refractivity contribution >= 4 is 11.6 Å². The number of carbonyl (C=O) groups excluding carboxylic acids is 1. The molecule has 0 spiro atoms. The minimum atomic E-state index is -0.396. The summed E-state index contributed by atoms with van der Waals surface area (Å²) in [4.78, 5) is 14.9. The summed E-state index contributed by atoms with van der Waals surface area (Å²) in [6.07, 6.45) is 0.791. The molecule has 1 heterocycles. The lowest BCUT2D eigenvalue weighted by molar-refractivity contribution is 0.0953. The van der Waals surface area contributed by atoms with Gasteiger partial charge in [-0.05, 0) is 37.6 Å². The predicted octanol–water partition coefficient (Wildman–Crippen LogP) is 4.22. The molecule has 1 atom stereocenters. The van der Waals surface area contributed by atoms with E-state index >= 15 is 0 Å². The van der Waals surface area contributed by atoms with Crippen molar-refractivity contribution in [2.75, 3.05) is 4.90 Å². The SMILES string of the molecule is C=C(C)C1(C)Cc2ccccc2C(=O)N1c1ccccc1. The van der Waals surface area contributed by atoms with Crippen LogP contribution in [0.5, 0.6) is 0 Å². The van der Waals surface area contributed by atoms with E-state index in [2.05, 4.69) is 13.5 Å². The van der Waals surface area contributed by atoms with Crippen molar-refractivity contribution in [1.29, 1.82) is 0 Å². The average Bonchev–Trinajstić information content (AvgIpc) is 2.48. The molecular weight excluding hydrogens is 258 g/mol. The van der Waals surface area contributed by atoms with Gasteiger partial charge in [-0.3, -0.25) is 9.69 Å². The second-order valence-corrected chi connectivity index (χ2v) is 5.86. The lowest BCUT2D eigenvalue weighted by atomic mass is 9.79. The molecular formula is C19H19NO. The summed E-state index contributed by atoms with van der Waals surface area (Å²) in [6, 6.07) is 17.7. The lowest BCUT2D eigenvalue weighted by Gasteiger charge is -2.46. The molecule has 0 bridgehead atoms. The highest BCUT2D eigenvalue weighted by Gasteiger charge is 2.42. The molecule has 0 N–H and O–H groups in total. The second kappa shape index (κ2) is 4.88. The van der Waals surface area contributed by atoms with Gasteiger partial charge in [0.25, 0.3) is 5.91 Å². The topological polar surface area (TPSA) is 20.3 Å². The Balaban J connectivity index is 2.20. The van der Waals surface area contributed by atoms with E-state index in [0.29, 0.717) is 0 Å². The Labute approximate surface area is 125 Å². The van der Waals surface area contributed by atoms with Crippen molar-refractivity contribution < 1.29 is 4.79 Å². The molecule has 21 heavy (non-hydrogen) atoms. The monoisotopic (exact) mass is 277 g/mol. The van der Waals surface area contributed by atoms with Gasteiger partial charge in [-0.1, -0.05) is 48.6 Å². The van der Waals surface area contributed by atoms with Crippen LogP contribution >= 0.6 is 0 Å². The van der Waals surface area contributed by atoms with Crippen molar-refractivity contribution in [2.45, 2.75) is 25.8 Å². The Hall–Kier alpha value is -2.35. The molecule has 0 aliphatic carbocycles. The number of hydrogen-bond donors (Lipinski definition) is 0. The van der Waals surface area contributed by atoms with Crippen molar-refractivity contribution in [3.63, 3.8) is 0 Å². The fraction of sp³-hybridized carbons (Fsp3) is 0.211. The molecule has 0 fully saturated rings. The molecule has 1 aliphatic rings.